The van der Waals surface area contributed by atoms with Gasteiger partial charge in [-0.1, -0.05) is 18.2 Å². The second kappa shape index (κ2) is 7.68. The van der Waals surface area contributed by atoms with Crippen molar-refractivity contribution < 1.29 is 13.7 Å². The monoisotopic (exact) mass is 310 g/mol. The number of hydrogen-bond donors (Lipinski definition) is 2. The molecule has 3 N–H and O–H groups in total. The average Bonchev–Trinajstić information content (AvgIpc) is 2.91. The number of nitrogens with two attached hydrogens (primary N) is 1. The second-order valence-corrected chi connectivity index (χ2v) is 6.92. The molecule has 2 rings (SSSR count). The molecule has 6 heteroatoms. The molecule has 116 valence electrons. The van der Waals surface area contributed by atoms with Crippen LogP contribution >= 0.6 is 0 Å². The lowest BCUT2D eigenvalue weighted by molar-refractivity contribution is -0.115. The zero-order chi connectivity index (χ0) is 15.2. The highest BCUT2D eigenvalue weighted by atomic mass is 32.2. The van der Waals surface area contributed by atoms with Gasteiger partial charge in [0.25, 0.3) is 0 Å². The van der Waals surface area contributed by atoms with Crippen LogP contribution in [0.4, 0.5) is 5.69 Å². The average molecular weight is 310 g/mol. The minimum Gasteiger partial charge on any atom is -0.377 e. The van der Waals surface area contributed by atoms with E-state index in [1.54, 1.807) is 0 Å². The van der Waals surface area contributed by atoms with Crippen LogP contribution in [0.1, 0.15) is 25.3 Å². The fourth-order valence-corrected chi connectivity index (χ4v) is 3.99. The SMILES string of the molecule is CC1OCCC1S(=O)CCC(=O)Nc1ccccc1CN. The lowest BCUT2D eigenvalue weighted by Crippen LogP contribution is -2.26. The third kappa shape index (κ3) is 4.36. The molecule has 0 aliphatic carbocycles. The summed E-state index contributed by atoms with van der Waals surface area (Å²) in [6.45, 7) is 2.97. The number of para-hydroxylation sites is 1. The van der Waals surface area contributed by atoms with Crippen molar-refractivity contribution in [2.75, 3.05) is 17.7 Å². The molecule has 1 aliphatic rings. The van der Waals surface area contributed by atoms with Gasteiger partial charge in [0, 0.05) is 41.8 Å². The van der Waals surface area contributed by atoms with Gasteiger partial charge in [-0.25, -0.2) is 0 Å². The summed E-state index contributed by atoms with van der Waals surface area (Å²) in [4.78, 5) is 12.0. The van der Waals surface area contributed by atoms with Crippen LogP contribution in [0.5, 0.6) is 0 Å². The van der Waals surface area contributed by atoms with Crippen molar-refractivity contribution in [2.45, 2.75) is 37.7 Å². The van der Waals surface area contributed by atoms with E-state index in [4.69, 9.17) is 10.5 Å². The van der Waals surface area contributed by atoms with Gasteiger partial charge in [0.15, 0.2) is 0 Å². The lowest BCUT2D eigenvalue weighted by Gasteiger charge is -2.14. The Morgan fingerprint density at radius 1 is 1.48 bits per heavy atom. The number of hydrogen-bond acceptors (Lipinski definition) is 4. The minimum atomic E-state index is -1.02. The van der Waals surface area contributed by atoms with Gasteiger partial charge >= 0.3 is 0 Å². The molecule has 1 aliphatic heterocycles. The molecular weight excluding hydrogens is 288 g/mol. The maximum absolute atomic E-state index is 12.2. The number of anilines is 1. The van der Waals surface area contributed by atoms with Crippen molar-refractivity contribution in [1.82, 2.24) is 0 Å². The van der Waals surface area contributed by atoms with Crippen LogP contribution in [0, 0.1) is 0 Å². The molecule has 0 bridgehead atoms. The standard InChI is InChI=1S/C15H22N2O3S/c1-11-14(6-8-20-11)21(19)9-7-15(18)17-13-5-3-2-4-12(13)10-16/h2-5,11,14H,6-10,16H2,1H3,(H,17,18). The van der Waals surface area contributed by atoms with Crippen LogP contribution in [0.25, 0.3) is 0 Å². The number of carbonyl (C=O) groups is 1. The molecule has 0 saturated carbocycles. The van der Waals surface area contributed by atoms with Gasteiger partial charge in [-0.2, -0.15) is 0 Å². The highest BCUT2D eigenvalue weighted by Gasteiger charge is 2.29. The molecule has 0 spiro atoms. The Hall–Kier alpha value is -1.24. The number of amides is 1. The molecule has 0 aromatic heterocycles. The summed E-state index contributed by atoms with van der Waals surface area (Å²) in [5, 5.41) is 2.88. The van der Waals surface area contributed by atoms with E-state index in [1.807, 2.05) is 31.2 Å². The van der Waals surface area contributed by atoms with Gasteiger partial charge in [-0.05, 0) is 25.0 Å². The predicted octanol–water partition coefficient (Wildman–Crippen LogP) is 1.40. The molecule has 1 heterocycles. The smallest absolute Gasteiger partial charge is 0.225 e. The first-order chi connectivity index (χ1) is 10.1. The summed E-state index contributed by atoms with van der Waals surface area (Å²) in [5.41, 5.74) is 7.26. The van der Waals surface area contributed by atoms with Crippen molar-refractivity contribution in [3.8, 4) is 0 Å². The fourth-order valence-electron chi connectivity index (χ4n) is 2.43. The van der Waals surface area contributed by atoms with Crippen LogP contribution in [0.15, 0.2) is 24.3 Å². The third-order valence-electron chi connectivity index (χ3n) is 3.69. The van der Waals surface area contributed by atoms with Gasteiger partial charge in [0.05, 0.1) is 11.4 Å². The van der Waals surface area contributed by atoms with Crippen LogP contribution in [-0.4, -0.2) is 33.8 Å². The predicted molar refractivity (Wildman–Crippen MR) is 84.4 cm³/mol. The molecule has 1 amide bonds. The van der Waals surface area contributed by atoms with Gasteiger partial charge in [0.1, 0.15) is 0 Å². The van der Waals surface area contributed by atoms with Gasteiger partial charge < -0.3 is 15.8 Å². The Morgan fingerprint density at radius 2 is 2.24 bits per heavy atom. The molecule has 1 aromatic rings. The van der Waals surface area contributed by atoms with E-state index in [0.717, 1.165) is 17.7 Å². The zero-order valence-corrected chi connectivity index (χ0v) is 13.0. The summed E-state index contributed by atoms with van der Waals surface area (Å²) >= 11 is 0. The first-order valence-corrected chi connectivity index (χ1v) is 8.56. The Labute approximate surface area is 127 Å². The molecule has 21 heavy (non-hydrogen) atoms. The number of rotatable bonds is 6. The first kappa shape index (κ1) is 16.1. The molecule has 3 atom stereocenters. The Bertz CT molecular complexity index is 521. The molecule has 1 fully saturated rings. The third-order valence-corrected chi connectivity index (χ3v) is 5.59. The summed E-state index contributed by atoms with van der Waals surface area (Å²) < 4.78 is 17.6. The Morgan fingerprint density at radius 3 is 2.90 bits per heavy atom. The topological polar surface area (TPSA) is 81.4 Å². The summed E-state index contributed by atoms with van der Waals surface area (Å²) in [6.07, 6.45) is 1.08. The Kier molecular flexibility index (Phi) is 5.90. The molecule has 3 unspecified atom stereocenters. The molecule has 1 saturated heterocycles. The number of carbonyl (C=O) groups excluding carboxylic acids is 1. The maximum atomic E-state index is 12.2. The largest absolute Gasteiger partial charge is 0.377 e. The quantitative estimate of drug-likeness (QED) is 0.832. The van der Waals surface area contributed by atoms with E-state index in [-0.39, 0.29) is 23.7 Å². The first-order valence-electron chi connectivity index (χ1n) is 7.18. The number of ether oxygens (including phenoxy) is 1. The molecule has 1 aromatic carbocycles. The van der Waals surface area contributed by atoms with Crippen molar-refractivity contribution in [3.63, 3.8) is 0 Å². The van der Waals surface area contributed by atoms with Crippen molar-refractivity contribution in [2.24, 2.45) is 5.73 Å². The van der Waals surface area contributed by atoms with E-state index in [9.17, 15) is 9.00 Å². The van der Waals surface area contributed by atoms with E-state index in [1.165, 1.54) is 0 Å². The van der Waals surface area contributed by atoms with Crippen LogP contribution in [-0.2, 0) is 26.9 Å². The van der Waals surface area contributed by atoms with E-state index < -0.39 is 10.8 Å². The minimum absolute atomic E-state index is 0.0202. The van der Waals surface area contributed by atoms with Crippen LogP contribution in [0.3, 0.4) is 0 Å². The van der Waals surface area contributed by atoms with Gasteiger partial charge in [0.2, 0.25) is 5.91 Å². The highest BCUT2D eigenvalue weighted by molar-refractivity contribution is 7.85. The van der Waals surface area contributed by atoms with Crippen LogP contribution < -0.4 is 11.1 Å². The van der Waals surface area contributed by atoms with E-state index in [2.05, 4.69) is 5.32 Å². The van der Waals surface area contributed by atoms with Crippen LogP contribution in [0.2, 0.25) is 0 Å². The zero-order valence-electron chi connectivity index (χ0n) is 12.2. The Balaban J connectivity index is 1.83. The summed E-state index contributed by atoms with van der Waals surface area (Å²) in [6, 6.07) is 7.44. The van der Waals surface area contributed by atoms with Crippen molar-refractivity contribution in [3.05, 3.63) is 29.8 Å². The molecule has 0 radical (unpaired) electrons. The van der Waals surface area contributed by atoms with Gasteiger partial charge in [-0.3, -0.25) is 9.00 Å². The highest BCUT2D eigenvalue weighted by Crippen LogP contribution is 2.19. The number of nitrogens with one attached hydrogen (secondary N) is 1. The maximum Gasteiger partial charge on any atom is 0.225 e. The second-order valence-electron chi connectivity index (χ2n) is 5.15. The van der Waals surface area contributed by atoms with Crippen molar-refractivity contribution >= 4 is 22.4 Å². The fraction of sp³-hybridized carbons (Fsp3) is 0.533. The molecular formula is C15H22N2O3S. The van der Waals surface area contributed by atoms with E-state index >= 15 is 0 Å². The van der Waals surface area contributed by atoms with Gasteiger partial charge in [-0.15, -0.1) is 0 Å². The molecule has 5 nitrogen and oxygen atoms in total. The normalized spacial score (nSPS) is 23.0. The summed E-state index contributed by atoms with van der Waals surface area (Å²) in [7, 11) is -1.02. The number of benzene rings is 1. The van der Waals surface area contributed by atoms with Crippen molar-refractivity contribution in [1.29, 1.82) is 0 Å². The van der Waals surface area contributed by atoms with E-state index in [0.29, 0.717) is 18.9 Å². The lowest BCUT2D eigenvalue weighted by atomic mass is 10.2. The summed E-state index contributed by atoms with van der Waals surface area (Å²) in [5.74, 6) is 0.241.